The summed E-state index contributed by atoms with van der Waals surface area (Å²) in [7, 11) is 4.19. The summed E-state index contributed by atoms with van der Waals surface area (Å²) in [6, 6.07) is 13.1. The van der Waals surface area contributed by atoms with Crippen LogP contribution in [-0.4, -0.2) is 35.5 Å². The van der Waals surface area contributed by atoms with Gasteiger partial charge in [-0.25, -0.2) is 0 Å². The van der Waals surface area contributed by atoms with E-state index in [2.05, 4.69) is 86.6 Å². The van der Waals surface area contributed by atoms with Gasteiger partial charge >= 0.3 is 0 Å². The first-order valence-electron chi connectivity index (χ1n) is 9.47. The number of aryl methyl sites for hydroxylation is 1. The molecule has 0 fully saturated rings. The fourth-order valence-electron chi connectivity index (χ4n) is 3.12. The second-order valence-electron chi connectivity index (χ2n) is 7.30. The number of anilines is 1. The molecular weight excluding hydrogens is 464 g/mol. The first-order valence-corrected chi connectivity index (χ1v) is 11.9. The summed E-state index contributed by atoms with van der Waals surface area (Å²) < 4.78 is 1.15. The van der Waals surface area contributed by atoms with Crippen LogP contribution >= 0.6 is 39.5 Å². The highest BCUT2D eigenvalue weighted by Gasteiger charge is 2.20. The lowest BCUT2D eigenvalue weighted by molar-refractivity contribution is 0.386. The van der Waals surface area contributed by atoms with Crippen molar-refractivity contribution < 1.29 is 0 Å². The lowest BCUT2D eigenvalue weighted by Crippen LogP contribution is -2.21. The highest BCUT2D eigenvalue weighted by Crippen LogP contribution is 2.51. The zero-order valence-corrected chi connectivity index (χ0v) is 19.9. The average molecular weight is 487 g/mol. The van der Waals surface area contributed by atoms with Gasteiger partial charge in [-0.15, -0.1) is 0 Å². The predicted octanol–water partition coefficient (Wildman–Crippen LogP) is 6.27. The van der Waals surface area contributed by atoms with Gasteiger partial charge in [-0.2, -0.15) is 0 Å². The monoisotopic (exact) mass is 486 g/mol. The Morgan fingerprint density at radius 1 is 1.03 bits per heavy atom. The van der Waals surface area contributed by atoms with Crippen LogP contribution in [0.5, 0.6) is 0 Å². The van der Waals surface area contributed by atoms with Gasteiger partial charge < -0.3 is 10.2 Å². The van der Waals surface area contributed by atoms with Crippen molar-refractivity contribution >= 4 is 45.1 Å². The van der Waals surface area contributed by atoms with Crippen molar-refractivity contribution in [2.75, 3.05) is 26.0 Å². The number of fused-ring (bicyclic) bond motifs is 2. The van der Waals surface area contributed by atoms with Crippen LogP contribution in [0.2, 0.25) is 0 Å². The zero-order chi connectivity index (χ0) is 20.4. The molecule has 2 heterocycles. The molecular formula is C22H23BrN4S2. The third kappa shape index (κ3) is 4.97. The van der Waals surface area contributed by atoms with E-state index in [9.17, 15) is 0 Å². The number of rotatable bonds is 6. The number of nitrogens with zero attached hydrogens (tertiary/aromatic N) is 3. The molecule has 0 bridgehead atoms. The molecule has 3 aromatic rings. The van der Waals surface area contributed by atoms with Crippen molar-refractivity contribution in [1.82, 2.24) is 14.9 Å². The number of hydrogen-bond acceptors (Lipinski definition) is 6. The molecule has 1 aromatic heterocycles. The van der Waals surface area contributed by atoms with Crippen LogP contribution in [0.25, 0.3) is 0 Å². The Hall–Kier alpha value is -1.54. The highest BCUT2D eigenvalue weighted by molar-refractivity contribution is 9.10. The van der Waals surface area contributed by atoms with Crippen LogP contribution in [0, 0.1) is 6.92 Å². The molecule has 29 heavy (non-hydrogen) atoms. The molecule has 1 atom stereocenters. The van der Waals surface area contributed by atoms with Crippen molar-refractivity contribution in [3.8, 4) is 0 Å². The van der Waals surface area contributed by atoms with Crippen molar-refractivity contribution in [3.05, 3.63) is 64.7 Å². The molecule has 4 nitrogen and oxygen atoms in total. The van der Waals surface area contributed by atoms with Crippen LogP contribution < -0.4 is 5.32 Å². The smallest absolute Gasteiger partial charge is 0.0809 e. The second kappa shape index (κ2) is 9.08. The van der Waals surface area contributed by atoms with Gasteiger partial charge in [-0.3, -0.25) is 9.97 Å². The molecule has 0 radical (unpaired) electrons. The number of hydrogen-bond donors (Lipinski definition) is 1. The average Bonchev–Trinajstić information content (AvgIpc) is 2.70. The topological polar surface area (TPSA) is 41.1 Å². The van der Waals surface area contributed by atoms with E-state index in [-0.39, 0.29) is 6.04 Å². The van der Waals surface area contributed by atoms with Gasteiger partial charge in [0.2, 0.25) is 0 Å². The lowest BCUT2D eigenvalue weighted by atomic mass is 10.1. The standard InChI is InChI=1S/C22H23BrN4S2/c1-14-12-25-18(13-24-14)17(9-10-27(2)3)26-15-7-8-19-21(11-15)28-20-6-4-5-16(23)22(20)29-19/h4-8,11-13,17,26H,9-10H2,1-3H3. The van der Waals surface area contributed by atoms with E-state index in [0.29, 0.717) is 0 Å². The van der Waals surface area contributed by atoms with Gasteiger partial charge in [0.1, 0.15) is 0 Å². The van der Waals surface area contributed by atoms with Crippen molar-refractivity contribution in [1.29, 1.82) is 0 Å². The maximum Gasteiger partial charge on any atom is 0.0809 e. The lowest BCUT2D eigenvalue weighted by Gasteiger charge is -2.23. The first-order chi connectivity index (χ1) is 14.0. The molecule has 1 aliphatic rings. The van der Waals surface area contributed by atoms with Gasteiger partial charge in [-0.1, -0.05) is 29.6 Å². The maximum atomic E-state index is 4.62. The van der Waals surface area contributed by atoms with Gasteiger partial charge in [0.05, 0.1) is 23.6 Å². The van der Waals surface area contributed by atoms with Crippen LogP contribution in [0.3, 0.4) is 0 Å². The summed E-state index contributed by atoms with van der Waals surface area (Å²) in [6.07, 6.45) is 4.69. The number of aromatic nitrogens is 2. The molecule has 0 amide bonds. The summed E-state index contributed by atoms with van der Waals surface area (Å²) in [6.45, 7) is 2.94. The molecule has 0 aliphatic carbocycles. The summed E-state index contributed by atoms with van der Waals surface area (Å²) in [5.74, 6) is 0. The van der Waals surface area contributed by atoms with Crippen LogP contribution in [0.4, 0.5) is 5.69 Å². The summed E-state index contributed by atoms with van der Waals surface area (Å²) in [5.41, 5.74) is 3.03. The SMILES string of the molecule is Cc1cnc(C(CCN(C)C)Nc2ccc3c(c2)Sc2cccc(Br)c2S3)cn1. The van der Waals surface area contributed by atoms with Gasteiger partial charge in [-0.05, 0) is 80.2 Å². The molecule has 4 rings (SSSR count). The summed E-state index contributed by atoms with van der Waals surface area (Å²) >= 11 is 7.33. The molecule has 150 valence electrons. The van der Waals surface area contributed by atoms with E-state index in [0.717, 1.165) is 34.5 Å². The molecule has 1 unspecified atom stereocenters. The Labute approximate surface area is 189 Å². The predicted molar refractivity (Wildman–Crippen MR) is 125 cm³/mol. The van der Waals surface area contributed by atoms with E-state index < -0.39 is 0 Å². The maximum absolute atomic E-state index is 4.62. The number of nitrogens with one attached hydrogen (secondary N) is 1. The quantitative estimate of drug-likeness (QED) is 0.346. The van der Waals surface area contributed by atoms with E-state index in [1.165, 1.54) is 19.6 Å². The Bertz CT molecular complexity index is 1010. The minimum atomic E-state index is 0.117. The van der Waals surface area contributed by atoms with Gasteiger partial charge in [0.15, 0.2) is 0 Å². The summed E-state index contributed by atoms with van der Waals surface area (Å²) in [4.78, 5) is 16.4. The van der Waals surface area contributed by atoms with E-state index in [1.807, 2.05) is 42.8 Å². The normalized spacial score (nSPS) is 13.7. The highest BCUT2D eigenvalue weighted by atomic mass is 79.9. The molecule has 7 heteroatoms. The van der Waals surface area contributed by atoms with Crippen molar-refractivity contribution in [3.63, 3.8) is 0 Å². The van der Waals surface area contributed by atoms with Crippen molar-refractivity contribution in [2.24, 2.45) is 0 Å². The van der Waals surface area contributed by atoms with Crippen molar-refractivity contribution in [2.45, 2.75) is 39.0 Å². The minimum Gasteiger partial charge on any atom is -0.377 e. The third-order valence-electron chi connectivity index (χ3n) is 4.67. The molecule has 0 saturated carbocycles. The molecule has 2 aromatic carbocycles. The molecule has 0 spiro atoms. The van der Waals surface area contributed by atoms with E-state index in [4.69, 9.17) is 0 Å². The minimum absolute atomic E-state index is 0.117. The van der Waals surface area contributed by atoms with Gasteiger partial charge in [0.25, 0.3) is 0 Å². The van der Waals surface area contributed by atoms with E-state index >= 15 is 0 Å². The second-order valence-corrected chi connectivity index (χ2v) is 10.3. The Balaban J connectivity index is 1.57. The fourth-order valence-corrected chi connectivity index (χ4v) is 6.15. The Morgan fingerprint density at radius 2 is 1.90 bits per heavy atom. The first kappa shape index (κ1) is 20.7. The van der Waals surface area contributed by atoms with Crippen LogP contribution in [0.1, 0.15) is 23.9 Å². The zero-order valence-electron chi connectivity index (χ0n) is 16.6. The molecule has 0 saturated heterocycles. The fraction of sp³-hybridized carbons (Fsp3) is 0.273. The van der Waals surface area contributed by atoms with E-state index in [1.54, 1.807) is 0 Å². The Kier molecular flexibility index (Phi) is 6.49. The largest absolute Gasteiger partial charge is 0.377 e. The van der Waals surface area contributed by atoms with Gasteiger partial charge in [0, 0.05) is 35.9 Å². The third-order valence-corrected chi connectivity index (χ3v) is 8.19. The van der Waals surface area contributed by atoms with Crippen LogP contribution in [-0.2, 0) is 0 Å². The molecule has 1 aliphatic heterocycles. The Morgan fingerprint density at radius 3 is 2.66 bits per heavy atom. The van der Waals surface area contributed by atoms with Crippen LogP contribution in [0.15, 0.2) is 72.8 Å². The number of benzene rings is 2. The molecule has 1 N–H and O–H groups in total. The number of halogens is 1. The summed E-state index contributed by atoms with van der Waals surface area (Å²) in [5, 5.41) is 3.69.